The number of aromatic nitrogens is 2. The average Bonchev–Trinajstić information content (AvgIpc) is 2.76. The predicted molar refractivity (Wildman–Crippen MR) is 115 cm³/mol. The van der Waals surface area contributed by atoms with E-state index in [0.717, 1.165) is 29.6 Å². The van der Waals surface area contributed by atoms with Crippen molar-refractivity contribution in [2.45, 2.75) is 24.7 Å². The highest BCUT2D eigenvalue weighted by molar-refractivity contribution is 7.99. The van der Waals surface area contributed by atoms with E-state index in [2.05, 4.69) is 20.2 Å². The summed E-state index contributed by atoms with van der Waals surface area (Å²) in [6.45, 7) is 1.79. The monoisotopic (exact) mass is 442 g/mol. The highest BCUT2D eigenvalue weighted by Gasteiger charge is 2.21. The summed E-state index contributed by atoms with van der Waals surface area (Å²) < 4.78 is 26.7. The van der Waals surface area contributed by atoms with E-state index in [-0.39, 0.29) is 28.7 Å². The second-order valence-corrected chi connectivity index (χ2v) is 8.16. The lowest BCUT2D eigenvalue weighted by molar-refractivity contribution is -0.113. The molecular weight excluding hydrogens is 422 g/mol. The van der Waals surface area contributed by atoms with Gasteiger partial charge >= 0.3 is 0 Å². The Hall–Kier alpha value is -3.04. The Balaban J connectivity index is 1.37. The van der Waals surface area contributed by atoms with E-state index in [4.69, 9.17) is 0 Å². The smallest absolute Gasteiger partial charge is 0.256 e. The molecular formula is C22H20F2N4O2S. The van der Waals surface area contributed by atoms with Crippen molar-refractivity contribution in [1.29, 1.82) is 0 Å². The van der Waals surface area contributed by atoms with Crippen LogP contribution in [0.5, 0.6) is 0 Å². The average molecular weight is 442 g/mol. The fraction of sp³-hybridized carbons (Fsp3) is 0.227. The van der Waals surface area contributed by atoms with Crippen LogP contribution in [-0.4, -0.2) is 33.1 Å². The normalized spacial score (nSPS) is 13.6. The number of anilines is 1. The summed E-state index contributed by atoms with van der Waals surface area (Å²) in [6, 6.07) is 12.2. The van der Waals surface area contributed by atoms with Crippen LogP contribution in [0.1, 0.15) is 16.8 Å². The van der Waals surface area contributed by atoms with Gasteiger partial charge in [0.1, 0.15) is 11.6 Å². The minimum atomic E-state index is -0.508. The maximum Gasteiger partial charge on any atom is 0.256 e. The molecule has 9 heteroatoms. The summed E-state index contributed by atoms with van der Waals surface area (Å²) in [5.74, 6) is -1.18. The third kappa shape index (κ3) is 5.36. The van der Waals surface area contributed by atoms with Crippen molar-refractivity contribution in [2.75, 3.05) is 17.6 Å². The number of amides is 1. The number of fused-ring (bicyclic) bond motifs is 1. The van der Waals surface area contributed by atoms with Gasteiger partial charge in [-0.2, -0.15) is 0 Å². The number of H-pyrrole nitrogens is 1. The van der Waals surface area contributed by atoms with Crippen molar-refractivity contribution >= 4 is 23.4 Å². The van der Waals surface area contributed by atoms with Crippen molar-refractivity contribution in [2.24, 2.45) is 0 Å². The first-order valence-corrected chi connectivity index (χ1v) is 10.7. The molecule has 6 nitrogen and oxygen atoms in total. The standard InChI is InChI=1S/C22H20F2N4O2S/c23-15-7-5-14(6-8-15)11-28-10-9-18-16(12-28)21(30)27-22(26-18)31-13-20(29)25-19-4-2-1-3-17(19)24/h1-8H,9-13H2,(H,25,29)(H,26,27,30). The molecule has 160 valence electrons. The summed E-state index contributed by atoms with van der Waals surface area (Å²) in [5.41, 5.74) is 2.18. The highest BCUT2D eigenvalue weighted by Crippen LogP contribution is 2.20. The molecule has 0 radical (unpaired) electrons. The van der Waals surface area contributed by atoms with Crippen molar-refractivity contribution in [3.63, 3.8) is 0 Å². The second-order valence-electron chi connectivity index (χ2n) is 7.20. The summed E-state index contributed by atoms with van der Waals surface area (Å²) in [7, 11) is 0. The Labute approximate surface area is 181 Å². The molecule has 31 heavy (non-hydrogen) atoms. The molecule has 0 saturated heterocycles. The molecule has 2 heterocycles. The first-order chi connectivity index (χ1) is 15.0. The van der Waals surface area contributed by atoms with Crippen LogP contribution in [0.15, 0.2) is 58.5 Å². The number of hydrogen-bond donors (Lipinski definition) is 2. The molecule has 0 atom stereocenters. The molecule has 0 fully saturated rings. The molecule has 2 N–H and O–H groups in total. The van der Waals surface area contributed by atoms with Crippen LogP contribution in [0.3, 0.4) is 0 Å². The van der Waals surface area contributed by atoms with Crippen molar-refractivity contribution in [3.8, 4) is 0 Å². The topological polar surface area (TPSA) is 78.1 Å². The third-order valence-corrected chi connectivity index (χ3v) is 5.81. The molecule has 1 aromatic heterocycles. The van der Waals surface area contributed by atoms with Crippen molar-refractivity contribution < 1.29 is 13.6 Å². The lowest BCUT2D eigenvalue weighted by Gasteiger charge is -2.27. The second kappa shape index (κ2) is 9.40. The fourth-order valence-corrected chi connectivity index (χ4v) is 4.07. The number of halogens is 2. The van der Waals surface area contributed by atoms with Crippen LogP contribution in [-0.2, 0) is 24.3 Å². The number of nitrogens with zero attached hydrogens (tertiary/aromatic N) is 2. The summed E-state index contributed by atoms with van der Waals surface area (Å²) in [4.78, 5) is 34.0. The quantitative estimate of drug-likeness (QED) is 0.452. The Kier molecular flexibility index (Phi) is 6.43. The number of para-hydroxylation sites is 1. The van der Waals surface area contributed by atoms with E-state index >= 15 is 0 Å². The number of aromatic amines is 1. The number of nitrogens with one attached hydrogen (secondary N) is 2. The largest absolute Gasteiger partial charge is 0.323 e. The van der Waals surface area contributed by atoms with Crippen LogP contribution in [0, 0.1) is 11.6 Å². The Bertz CT molecular complexity index is 1150. The molecule has 0 bridgehead atoms. The molecule has 1 aliphatic rings. The van der Waals surface area contributed by atoms with E-state index in [1.807, 2.05) is 0 Å². The number of rotatable bonds is 6. The maximum absolute atomic E-state index is 13.6. The van der Waals surface area contributed by atoms with Gasteiger partial charge in [0, 0.05) is 26.1 Å². The first kappa shape index (κ1) is 21.2. The number of benzene rings is 2. The molecule has 2 aromatic carbocycles. The van der Waals surface area contributed by atoms with Gasteiger partial charge < -0.3 is 10.3 Å². The van der Waals surface area contributed by atoms with Gasteiger partial charge in [0.2, 0.25) is 5.91 Å². The number of carbonyl (C=O) groups is 1. The zero-order valence-electron chi connectivity index (χ0n) is 16.5. The predicted octanol–water partition coefficient (Wildman–Crippen LogP) is 3.34. The number of thioether (sulfide) groups is 1. The zero-order valence-corrected chi connectivity index (χ0v) is 17.3. The maximum atomic E-state index is 13.6. The van der Waals surface area contributed by atoms with Gasteiger partial charge in [0.05, 0.1) is 22.7 Å². The van der Waals surface area contributed by atoms with Gasteiger partial charge in [-0.1, -0.05) is 36.0 Å². The van der Waals surface area contributed by atoms with Crippen LogP contribution >= 0.6 is 11.8 Å². The van der Waals surface area contributed by atoms with E-state index in [1.54, 1.807) is 24.3 Å². The Morgan fingerprint density at radius 3 is 2.71 bits per heavy atom. The van der Waals surface area contributed by atoms with E-state index in [1.165, 1.54) is 24.3 Å². The third-order valence-electron chi connectivity index (χ3n) is 4.93. The van der Waals surface area contributed by atoms with E-state index < -0.39 is 5.82 Å². The zero-order chi connectivity index (χ0) is 21.8. The number of carbonyl (C=O) groups excluding carboxylic acids is 1. The van der Waals surface area contributed by atoms with E-state index in [9.17, 15) is 18.4 Å². The fourth-order valence-electron chi connectivity index (χ4n) is 3.39. The summed E-state index contributed by atoms with van der Waals surface area (Å²) in [6.07, 6.45) is 0.607. The van der Waals surface area contributed by atoms with Crippen molar-refractivity contribution in [1.82, 2.24) is 14.9 Å². The van der Waals surface area contributed by atoms with Gasteiger partial charge in [0.15, 0.2) is 5.16 Å². The van der Waals surface area contributed by atoms with Crippen LogP contribution in [0.4, 0.5) is 14.5 Å². The minimum absolute atomic E-state index is 0.00719. The Morgan fingerprint density at radius 2 is 1.94 bits per heavy atom. The molecule has 3 aromatic rings. The van der Waals surface area contributed by atoms with Crippen LogP contribution in [0.2, 0.25) is 0 Å². The Morgan fingerprint density at radius 1 is 1.16 bits per heavy atom. The summed E-state index contributed by atoms with van der Waals surface area (Å²) >= 11 is 1.10. The first-order valence-electron chi connectivity index (χ1n) is 9.74. The van der Waals surface area contributed by atoms with Gasteiger partial charge in [0.25, 0.3) is 5.56 Å². The molecule has 0 unspecified atom stereocenters. The number of hydrogen-bond acceptors (Lipinski definition) is 5. The SMILES string of the molecule is O=C(CSc1nc2c(c(=O)[nH]1)CN(Cc1ccc(F)cc1)CC2)Nc1ccccc1F. The molecule has 1 aliphatic heterocycles. The van der Waals surface area contributed by atoms with Gasteiger partial charge in [-0.3, -0.25) is 14.5 Å². The molecule has 0 saturated carbocycles. The lowest BCUT2D eigenvalue weighted by Crippen LogP contribution is -2.35. The molecule has 1 amide bonds. The van der Waals surface area contributed by atoms with E-state index in [0.29, 0.717) is 30.2 Å². The van der Waals surface area contributed by atoms with Gasteiger partial charge in [-0.15, -0.1) is 0 Å². The highest BCUT2D eigenvalue weighted by atomic mass is 32.2. The lowest BCUT2D eigenvalue weighted by atomic mass is 10.1. The van der Waals surface area contributed by atoms with Crippen molar-refractivity contribution in [3.05, 3.63) is 87.3 Å². The summed E-state index contributed by atoms with van der Waals surface area (Å²) in [5, 5.41) is 2.87. The minimum Gasteiger partial charge on any atom is -0.323 e. The van der Waals surface area contributed by atoms with Gasteiger partial charge in [-0.25, -0.2) is 13.8 Å². The molecule has 0 spiro atoms. The molecule has 4 rings (SSSR count). The van der Waals surface area contributed by atoms with Crippen LogP contribution < -0.4 is 10.9 Å². The molecule has 0 aliphatic carbocycles. The van der Waals surface area contributed by atoms with Crippen LogP contribution in [0.25, 0.3) is 0 Å². The van der Waals surface area contributed by atoms with Gasteiger partial charge in [-0.05, 0) is 29.8 Å².